The minimum atomic E-state index is -1.27. The second kappa shape index (κ2) is 6.10. The summed E-state index contributed by atoms with van der Waals surface area (Å²) in [5.41, 5.74) is 0.747. The largest absolute Gasteiger partial charge is 0.421 e. The molecule has 122 valence electrons. The first kappa shape index (κ1) is 15.6. The number of rotatable bonds is 4. The average Bonchev–Trinajstić information content (AvgIpc) is 3.12. The van der Waals surface area contributed by atoms with E-state index in [0.717, 1.165) is 11.1 Å². The Morgan fingerprint density at radius 1 is 1.35 bits per heavy atom. The molecule has 6 heteroatoms. The third kappa shape index (κ3) is 3.75. The third-order valence-corrected chi connectivity index (χ3v) is 4.09. The first-order chi connectivity index (χ1) is 10.9. The van der Waals surface area contributed by atoms with Gasteiger partial charge in [-0.15, -0.1) is 10.2 Å². The number of hydrogen-bond donors (Lipinski definition) is 0. The highest BCUT2D eigenvalue weighted by atomic mass is 19.1. The van der Waals surface area contributed by atoms with Gasteiger partial charge in [0.25, 0.3) is 0 Å². The van der Waals surface area contributed by atoms with Gasteiger partial charge in [-0.3, -0.25) is 4.79 Å². The van der Waals surface area contributed by atoms with Crippen LogP contribution in [0.1, 0.15) is 31.2 Å². The van der Waals surface area contributed by atoms with Crippen LogP contribution in [0, 0.1) is 6.92 Å². The van der Waals surface area contributed by atoms with Crippen LogP contribution in [-0.4, -0.2) is 39.8 Å². The van der Waals surface area contributed by atoms with Crippen molar-refractivity contribution in [2.24, 2.45) is 0 Å². The number of halogens is 1. The molecule has 1 aromatic heterocycles. The molecule has 0 spiro atoms. The maximum absolute atomic E-state index is 13.8. The molecule has 0 aliphatic carbocycles. The Labute approximate surface area is 134 Å². The number of nitrogens with zero attached hydrogens (tertiary/aromatic N) is 3. The second-order valence-electron chi connectivity index (χ2n) is 6.35. The second-order valence-corrected chi connectivity index (χ2v) is 6.35. The van der Waals surface area contributed by atoms with E-state index in [4.69, 9.17) is 4.42 Å². The zero-order valence-corrected chi connectivity index (χ0v) is 13.4. The predicted molar refractivity (Wildman–Crippen MR) is 83.5 cm³/mol. The molecule has 1 atom stereocenters. The van der Waals surface area contributed by atoms with Gasteiger partial charge in [-0.1, -0.05) is 17.7 Å². The van der Waals surface area contributed by atoms with Gasteiger partial charge in [0.15, 0.2) is 0 Å². The quantitative estimate of drug-likeness (QED) is 0.870. The number of carbonyl (C=O) groups excluding carboxylic acids is 1. The highest BCUT2D eigenvalue weighted by molar-refractivity contribution is 5.76. The molecule has 2 aromatic rings. The predicted octanol–water partition coefficient (Wildman–Crippen LogP) is 2.94. The van der Waals surface area contributed by atoms with Gasteiger partial charge >= 0.3 is 0 Å². The average molecular weight is 317 g/mol. The van der Waals surface area contributed by atoms with E-state index < -0.39 is 5.67 Å². The van der Waals surface area contributed by atoms with Crippen molar-refractivity contribution >= 4 is 5.91 Å². The van der Waals surface area contributed by atoms with E-state index in [2.05, 4.69) is 10.2 Å². The molecule has 3 rings (SSSR count). The van der Waals surface area contributed by atoms with Gasteiger partial charge < -0.3 is 9.32 Å². The SMILES string of the molecule is Cc1ccc(-c2nnc(CCC(=O)N3CCC(C)(F)C3)o2)cc1. The molecule has 0 saturated carbocycles. The van der Waals surface area contributed by atoms with Gasteiger partial charge in [-0.25, -0.2) is 4.39 Å². The highest BCUT2D eigenvalue weighted by Gasteiger charge is 2.35. The Morgan fingerprint density at radius 3 is 2.74 bits per heavy atom. The van der Waals surface area contributed by atoms with Crippen LogP contribution in [0.25, 0.3) is 11.5 Å². The monoisotopic (exact) mass is 317 g/mol. The minimum absolute atomic E-state index is 0.0681. The summed E-state index contributed by atoms with van der Waals surface area (Å²) >= 11 is 0. The number of benzene rings is 1. The molecular formula is C17H20FN3O2. The molecule has 2 heterocycles. The van der Waals surface area contributed by atoms with Crippen LogP contribution in [0.4, 0.5) is 4.39 Å². The lowest BCUT2D eigenvalue weighted by molar-refractivity contribution is -0.130. The highest BCUT2D eigenvalue weighted by Crippen LogP contribution is 2.25. The molecule has 1 unspecified atom stereocenters. The van der Waals surface area contributed by atoms with Gasteiger partial charge in [0.2, 0.25) is 17.7 Å². The summed E-state index contributed by atoms with van der Waals surface area (Å²) < 4.78 is 19.4. The van der Waals surface area contributed by atoms with Crippen LogP contribution in [0.5, 0.6) is 0 Å². The molecule has 1 aliphatic rings. The number of alkyl halides is 1. The van der Waals surface area contributed by atoms with Gasteiger partial charge in [0.05, 0.1) is 6.54 Å². The summed E-state index contributed by atoms with van der Waals surface area (Å²) in [6.07, 6.45) is 1.03. The third-order valence-electron chi connectivity index (χ3n) is 4.09. The number of carbonyl (C=O) groups is 1. The van der Waals surface area contributed by atoms with Crippen LogP contribution in [-0.2, 0) is 11.2 Å². The van der Waals surface area contributed by atoms with Gasteiger partial charge in [-0.05, 0) is 26.0 Å². The number of likely N-dealkylation sites (tertiary alicyclic amines) is 1. The summed E-state index contributed by atoms with van der Waals surface area (Å²) in [6.45, 7) is 4.19. The smallest absolute Gasteiger partial charge is 0.247 e. The van der Waals surface area contributed by atoms with Crippen LogP contribution >= 0.6 is 0 Å². The maximum atomic E-state index is 13.8. The van der Waals surface area contributed by atoms with Crippen molar-refractivity contribution in [1.29, 1.82) is 0 Å². The first-order valence-electron chi connectivity index (χ1n) is 7.79. The zero-order valence-electron chi connectivity index (χ0n) is 13.4. The lowest BCUT2D eigenvalue weighted by Crippen LogP contribution is -2.32. The summed E-state index contributed by atoms with van der Waals surface area (Å²) in [7, 11) is 0. The summed E-state index contributed by atoms with van der Waals surface area (Å²) in [4.78, 5) is 13.7. The molecule has 1 saturated heterocycles. The Balaban J connectivity index is 1.57. The van der Waals surface area contributed by atoms with E-state index in [9.17, 15) is 9.18 Å². The van der Waals surface area contributed by atoms with Crippen molar-refractivity contribution in [3.8, 4) is 11.5 Å². The summed E-state index contributed by atoms with van der Waals surface area (Å²) in [5, 5.41) is 7.99. The molecule has 0 N–H and O–H groups in total. The van der Waals surface area contributed by atoms with Crippen LogP contribution < -0.4 is 0 Å². The normalized spacial score (nSPS) is 20.9. The van der Waals surface area contributed by atoms with E-state index in [1.54, 1.807) is 4.90 Å². The van der Waals surface area contributed by atoms with Crippen molar-refractivity contribution in [1.82, 2.24) is 15.1 Å². The molecule has 1 amide bonds. The Morgan fingerprint density at radius 2 is 2.09 bits per heavy atom. The number of hydrogen-bond acceptors (Lipinski definition) is 4. The fraction of sp³-hybridized carbons (Fsp3) is 0.471. The number of aryl methyl sites for hydroxylation is 2. The van der Waals surface area contributed by atoms with Crippen molar-refractivity contribution in [2.45, 2.75) is 38.8 Å². The van der Waals surface area contributed by atoms with Crippen molar-refractivity contribution < 1.29 is 13.6 Å². The summed E-state index contributed by atoms with van der Waals surface area (Å²) in [5.74, 6) is 0.808. The molecule has 23 heavy (non-hydrogen) atoms. The van der Waals surface area contributed by atoms with Crippen molar-refractivity contribution in [2.75, 3.05) is 13.1 Å². The Kier molecular flexibility index (Phi) is 4.15. The van der Waals surface area contributed by atoms with Crippen LogP contribution in [0.3, 0.4) is 0 Å². The Hall–Kier alpha value is -2.24. The zero-order chi connectivity index (χ0) is 16.4. The fourth-order valence-electron chi connectivity index (χ4n) is 2.68. The summed E-state index contributed by atoms with van der Waals surface area (Å²) in [6, 6.07) is 7.79. The lowest BCUT2D eigenvalue weighted by atomic mass is 10.1. The van der Waals surface area contributed by atoms with Gasteiger partial charge in [-0.2, -0.15) is 0 Å². The van der Waals surface area contributed by atoms with E-state index in [1.165, 1.54) is 6.92 Å². The molecule has 5 nitrogen and oxygen atoms in total. The molecule has 1 aliphatic heterocycles. The van der Waals surface area contributed by atoms with Crippen molar-refractivity contribution in [3.63, 3.8) is 0 Å². The van der Waals surface area contributed by atoms with Crippen LogP contribution in [0.2, 0.25) is 0 Å². The lowest BCUT2D eigenvalue weighted by Gasteiger charge is -2.17. The standard InChI is InChI=1S/C17H20FN3O2/c1-12-3-5-13(6-4-12)16-20-19-14(23-16)7-8-15(22)21-10-9-17(2,18)11-21/h3-6H,7-11H2,1-2H3. The molecule has 1 fully saturated rings. The van der Waals surface area contributed by atoms with E-state index in [0.29, 0.717) is 31.2 Å². The van der Waals surface area contributed by atoms with E-state index in [1.807, 2.05) is 31.2 Å². The minimum Gasteiger partial charge on any atom is -0.421 e. The fourth-order valence-corrected chi connectivity index (χ4v) is 2.68. The van der Waals surface area contributed by atoms with Gasteiger partial charge in [0.1, 0.15) is 5.67 Å². The van der Waals surface area contributed by atoms with E-state index >= 15 is 0 Å². The molecule has 1 aromatic carbocycles. The van der Waals surface area contributed by atoms with E-state index in [-0.39, 0.29) is 18.9 Å². The van der Waals surface area contributed by atoms with Gasteiger partial charge in [0, 0.05) is 31.4 Å². The maximum Gasteiger partial charge on any atom is 0.247 e. The molecular weight excluding hydrogens is 297 g/mol. The Bertz CT molecular complexity index is 694. The topological polar surface area (TPSA) is 59.2 Å². The number of aromatic nitrogens is 2. The van der Waals surface area contributed by atoms with Crippen LogP contribution in [0.15, 0.2) is 28.7 Å². The molecule has 0 radical (unpaired) electrons. The molecule has 0 bridgehead atoms. The first-order valence-corrected chi connectivity index (χ1v) is 7.79. The van der Waals surface area contributed by atoms with Crippen molar-refractivity contribution in [3.05, 3.63) is 35.7 Å². The number of amides is 1.